The molecule has 50 valence electrons. The average Bonchev–Trinajstić information content (AvgIpc) is 2.59. The molecule has 0 radical (unpaired) electrons. The SMILES string of the molecule is c1coc(-c2cc[te]c2)c1. The zero-order chi connectivity index (χ0) is 6.81. The third kappa shape index (κ3) is 1.05. The molecule has 0 fully saturated rings. The Balaban J connectivity index is 2.48. The predicted molar refractivity (Wildman–Crippen MR) is 41.1 cm³/mol. The first-order chi connectivity index (χ1) is 4.97. The van der Waals surface area contributed by atoms with Crippen molar-refractivity contribution in [1.82, 2.24) is 0 Å². The minimum absolute atomic E-state index is 0.0392. The number of hydrogen-bond acceptors (Lipinski definition) is 1. The second-order valence-corrected chi connectivity index (χ2v) is 4.22. The molecule has 2 aromatic heterocycles. The summed E-state index contributed by atoms with van der Waals surface area (Å²) in [5, 5.41) is 0. The van der Waals surface area contributed by atoms with Crippen LogP contribution in [0.15, 0.2) is 37.0 Å². The van der Waals surface area contributed by atoms with E-state index in [1.165, 1.54) is 5.56 Å². The van der Waals surface area contributed by atoms with E-state index < -0.39 is 0 Å². The quantitative estimate of drug-likeness (QED) is 0.701. The summed E-state index contributed by atoms with van der Waals surface area (Å²) in [6.07, 6.45) is 1.71. The normalized spacial score (nSPS) is 10.0. The van der Waals surface area contributed by atoms with Gasteiger partial charge in [-0.25, -0.2) is 0 Å². The summed E-state index contributed by atoms with van der Waals surface area (Å²) in [6.45, 7) is 0. The van der Waals surface area contributed by atoms with Gasteiger partial charge in [-0.15, -0.1) is 0 Å². The summed E-state index contributed by atoms with van der Waals surface area (Å²) in [4.78, 5) is 0. The van der Waals surface area contributed by atoms with Crippen molar-refractivity contribution >= 4 is 20.4 Å². The predicted octanol–water partition coefficient (Wildman–Crippen LogP) is 2.00. The van der Waals surface area contributed by atoms with Crippen molar-refractivity contribution in [1.29, 1.82) is 0 Å². The summed E-state index contributed by atoms with van der Waals surface area (Å²) >= 11 is 0.0392. The third-order valence-electron chi connectivity index (χ3n) is 1.33. The molecule has 1 nitrogen and oxygen atoms in total. The van der Waals surface area contributed by atoms with Crippen LogP contribution in [0.4, 0.5) is 0 Å². The minimum atomic E-state index is 0.0392. The van der Waals surface area contributed by atoms with Crippen LogP contribution >= 0.6 is 0 Å². The van der Waals surface area contributed by atoms with Gasteiger partial charge >= 0.3 is 68.8 Å². The van der Waals surface area contributed by atoms with Gasteiger partial charge in [0.2, 0.25) is 0 Å². The maximum atomic E-state index is 5.22. The molecule has 0 unspecified atom stereocenters. The molecule has 2 heteroatoms. The van der Waals surface area contributed by atoms with E-state index in [1.807, 2.05) is 12.1 Å². The van der Waals surface area contributed by atoms with Gasteiger partial charge < -0.3 is 0 Å². The zero-order valence-electron chi connectivity index (χ0n) is 5.28. The van der Waals surface area contributed by atoms with Gasteiger partial charge in [-0.05, 0) is 0 Å². The van der Waals surface area contributed by atoms with Crippen molar-refractivity contribution in [2.24, 2.45) is 0 Å². The average molecular weight is 246 g/mol. The fourth-order valence-electron chi connectivity index (χ4n) is 0.847. The molecule has 0 aliphatic rings. The van der Waals surface area contributed by atoms with Crippen LogP contribution in [0.1, 0.15) is 0 Å². The van der Waals surface area contributed by atoms with Crippen LogP contribution in [0, 0.1) is 0 Å². The Morgan fingerprint density at radius 3 is 2.90 bits per heavy atom. The maximum absolute atomic E-state index is 5.22. The van der Waals surface area contributed by atoms with Crippen molar-refractivity contribution in [2.45, 2.75) is 0 Å². The summed E-state index contributed by atoms with van der Waals surface area (Å²) < 4.78 is 9.75. The molecular weight excluding hydrogens is 240 g/mol. The Morgan fingerprint density at radius 2 is 2.30 bits per heavy atom. The first kappa shape index (κ1) is 6.27. The second-order valence-electron chi connectivity index (χ2n) is 1.99. The van der Waals surface area contributed by atoms with Crippen LogP contribution in [-0.4, -0.2) is 20.4 Å². The zero-order valence-corrected chi connectivity index (χ0v) is 7.61. The Bertz CT molecular complexity index is 249. The van der Waals surface area contributed by atoms with Crippen molar-refractivity contribution in [3.63, 3.8) is 0 Å². The van der Waals surface area contributed by atoms with Gasteiger partial charge in [-0.3, -0.25) is 0 Å². The van der Waals surface area contributed by atoms with Crippen LogP contribution in [0.2, 0.25) is 0 Å². The molecule has 2 aromatic rings. The van der Waals surface area contributed by atoms with Crippen LogP contribution in [0.3, 0.4) is 0 Å². The molecular formula is C8H6OTe. The number of furan rings is 1. The summed E-state index contributed by atoms with van der Waals surface area (Å²) in [6, 6.07) is 6.05. The second kappa shape index (κ2) is 2.65. The van der Waals surface area contributed by atoms with Crippen LogP contribution in [0.25, 0.3) is 11.3 Å². The molecule has 2 heterocycles. The molecule has 0 atom stereocenters. The van der Waals surface area contributed by atoms with Gasteiger partial charge in [0.15, 0.2) is 0 Å². The molecule has 0 N–H and O–H groups in total. The van der Waals surface area contributed by atoms with Crippen molar-refractivity contribution in [2.75, 3.05) is 0 Å². The van der Waals surface area contributed by atoms with Crippen molar-refractivity contribution in [3.05, 3.63) is 32.6 Å². The molecule has 10 heavy (non-hydrogen) atoms. The van der Waals surface area contributed by atoms with Gasteiger partial charge in [0, 0.05) is 0 Å². The topological polar surface area (TPSA) is 13.1 Å². The molecule has 0 saturated carbocycles. The summed E-state index contributed by atoms with van der Waals surface area (Å²) in [7, 11) is 0. The van der Waals surface area contributed by atoms with E-state index in [4.69, 9.17) is 4.42 Å². The standard InChI is InChI=1S/C8H6OTe/c1-2-8(9-4-1)7-3-5-10-6-7/h1-6H. The monoisotopic (exact) mass is 248 g/mol. The van der Waals surface area contributed by atoms with E-state index >= 15 is 0 Å². The van der Waals surface area contributed by atoms with E-state index in [1.54, 1.807) is 6.26 Å². The van der Waals surface area contributed by atoms with E-state index in [0.717, 1.165) is 5.76 Å². The van der Waals surface area contributed by atoms with E-state index in [-0.39, 0.29) is 20.4 Å². The number of hydrogen-bond donors (Lipinski definition) is 0. The van der Waals surface area contributed by atoms with Gasteiger partial charge in [0.05, 0.1) is 0 Å². The molecule has 2 rings (SSSR count). The van der Waals surface area contributed by atoms with Gasteiger partial charge in [0.25, 0.3) is 0 Å². The van der Waals surface area contributed by atoms with Crippen LogP contribution in [-0.2, 0) is 0 Å². The van der Waals surface area contributed by atoms with Crippen LogP contribution < -0.4 is 0 Å². The Labute approximate surface area is 68.9 Å². The van der Waals surface area contributed by atoms with Gasteiger partial charge in [-0.2, -0.15) is 0 Å². The van der Waals surface area contributed by atoms with Crippen LogP contribution in [0.5, 0.6) is 0 Å². The molecule has 0 aromatic carbocycles. The molecule has 0 aliphatic carbocycles. The molecule has 0 amide bonds. The molecule has 0 spiro atoms. The van der Waals surface area contributed by atoms with E-state index in [9.17, 15) is 0 Å². The molecule has 0 bridgehead atoms. The van der Waals surface area contributed by atoms with Crippen molar-refractivity contribution in [3.8, 4) is 11.3 Å². The van der Waals surface area contributed by atoms with Gasteiger partial charge in [-0.1, -0.05) is 0 Å². The Hall–Kier alpha value is -0.450. The first-order valence-corrected chi connectivity index (χ1v) is 5.72. The third-order valence-corrected chi connectivity index (χ3v) is 3.28. The summed E-state index contributed by atoms with van der Waals surface area (Å²) in [5.74, 6) is 0.999. The fourth-order valence-corrected chi connectivity index (χ4v) is 2.69. The fraction of sp³-hybridized carbons (Fsp3) is 0. The molecule has 0 saturated heterocycles. The van der Waals surface area contributed by atoms with Crippen molar-refractivity contribution < 1.29 is 4.42 Å². The van der Waals surface area contributed by atoms with E-state index in [0.29, 0.717) is 0 Å². The Kier molecular flexibility index (Phi) is 1.66. The molecule has 0 aliphatic heterocycles. The van der Waals surface area contributed by atoms with E-state index in [2.05, 4.69) is 14.2 Å². The number of rotatable bonds is 1. The Morgan fingerprint density at radius 1 is 1.30 bits per heavy atom. The summed E-state index contributed by atoms with van der Waals surface area (Å²) in [5.41, 5.74) is 1.26. The van der Waals surface area contributed by atoms with Gasteiger partial charge in [0.1, 0.15) is 0 Å². The first-order valence-electron chi connectivity index (χ1n) is 3.03.